The predicted molar refractivity (Wildman–Crippen MR) is 60.1 cm³/mol. The van der Waals surface area contributed by atoms with Crippen LogP contribution in [0.3, 0.4) is 0 Å². The smallest absolute Gasteiger partial charge is 0.149 e. The van der Waals surface area contributed by atoms with Crippen molar-refractivity contribution in [2.75, 3.05) is 7.11 Å². The van der Waals surface area contributed by atoms with Crippen LogP contribution in [0.2, 0.25) is 0 Å². The van der Waals surface area contributed by atoms with Gasteiger partial charge in [-0.3, -0.25) is 0 Å². The summed E-state index contributed by atoms with van der Waals surface area (Å²) >= 11 is 0. The summed E-state index contributed by atoms with van der Waals surface area (Å²) in [5, 5.41) is 11.3. The molecule has 1 N–H and O–H groups in total. The lowest BCUT2D eigenvalue weighted by atomic mass is 10.1. The van der Waals surface area contributed by atoms with Crippen LogP contribution in [0.4, 0.5) is 0 Å². The molecule has 0 aliphatic carbocycles. The van der Waals surface area contributed by atoms with Crippen molar-refractivity contribution in [1.29, 1.82) is 0 Å². The molecule has 2 rings (SSSR count). The summed E-state index contributed by atoms with van der Waals surface area (Å²) in [5.74, 6) is 1.90. The Hall–Kier alpha value is -2.23. The monoisotopic (exact) mass is 217 g/mol. The Balaban J connectivity index is 2.42. The average molecular weight is 217 g/mol. The molecule has 0 atom stereocenters. The van der Waals surface area contributed by atoms with Crippen molar-refractivity contribution in [3.05, 3.63) is 42.2 Å². The first-order valence-electron chi connectivity index (χ1n) is 4.76. The largest absolute Gasteiger partial charge is 0.496 e. The van der Waals surface area contributed by atoms with E-state index < -0.39 is 0 Å². The maximum absolute atomic E-state index is 8.39. The first kappa shape index (κ1) is 10.3. The van der Waals surface area contributed by atoms with Crippen molar-refractivity contribution in [2.24, 2.45) is 5.16 Å². The first-order chi connectivity index (χ1) is 7.85. The zero-order chi connectivity index (χ0) is 11.4. The Bertz CT molecular complexity index is 502. The van der Waals surface area contributed by atoms with Crippen LogP contribution in [0.1, 0.15) is 5.76 Å². The van der Waals surface area contributed by atoms with E-state index >= 15 is 0 Å². The summed E-state index contributed by atoms with van der Waals surface area (Å²) in [5.41, 5.74) is 0.864. The first-order valence-corrected chi connectivity index (χ1v) is 4.76. The summed E-state index contributed by atoms with van der Waals surface area (Å²) in [4.78, 5) is 0. The lowest BCUT2D eigenvalue weighted by Crippen LogP contribution is -1.85. The molecule has 0 fully saturated rings. The second-order valence-corrected chi connectivity index (χ2v) is 3.15. The number of para-hydroxylation sites is 1. The lowest BCUT2D eigenvalue weighted by molar-refractivity contribution is 0.321. The maximum atomic E-state index is 8.39. The van der Waals surface area contributed by atoms with Gasteiger partial charge in [-0.1, -0.05) is 17.3 Å². The molecule has 16 heavy (non-hydrogen) atoms. The summed E-state index contributed by atoms with van der Waals surface area (Å²) in [7, 11) is 1.61. The topological polar surface area (TPSA) is 55.0 Å². The number of furan rings is 1. The molecular formula is C12H11NO3. The van der Waals surface area contributed by atoms with Crippen LogP contribution in [-0.2, 0) is 0 Å². The molecule has 0 aliphatic rings. The number of ether oxygens (including phenoxy) is 1. The van der Waals surface area contributed by atoms with Crippen LogP contribution in [0.15, 0.2) is 46.0 Å². The van der Waals surface area contributed by atoms with Gasteiger partial charge in [0.25, 0.3) is 0 Å². The van der Waals surface area contributed by atoms with Gasteiger partial charge in [-0.25, -0.2) is 0 Å². The Kier molecular flexibility index (Phi) is 2.91. The number of nitrogens with zero attached hydrogens (tertiary/aromatic N) is 1. The molecule has 1 aromatic heterocycles. The highest BCUT2D eigenvalue weighted by Gasteiger charge is 2.08. The molecule has 0 radical (unpaired) electrons. The number of methoxy groups -OCH3 is 1. The SMILES string of the molecule is COc1ccccc1-c1ccc(/C=N/O)o1. The molecule has 0 unspecified atom stereocenters. The van der Waals surface area contributed by atoms with Crippen LogP contribution >= 0.6 is 0 Å². The summed E-state index contributed by atoms with van der Waals surface area (Å²) in [6.45, 7) is 0. The fourth-order valence-corrected chi connectivity index (χ4v) is 1.47. The molecule has 4 nitrogen and oxygen atoms in total. The van der Waals surface area contributed by atoms with Crippen LogP contribution in [0.5, 0.6) is 5.75 Å². The van der Waals surface area contributed by atoms with Gasteiger partial charge in [-0.2, -0.15) is 0 Å². The van der Waals surface area contributed by atoms with Crippen molar-refractivity contribution in [3.8, 4) is 17.1 Å². The molecule has 82 valence electrons. The third-order valence-electron chi connectivity index (χ3n) is 2.18. The van der Waals surface area contributed by atoms with Crippen molar-refractivity contribution in [1.82, 2.24) is 0 Å². The minimum Gasteiger partial charge on any atom is -0.496 e. The van der Waals surface area contributed by atoms with Crippen LogP contribution in [0.25, 0.3) is 11.3 Å². The number of hydrogen-bond donors (Lipinski definition) is 1. The van der Waals surface area contributed by atoms with Gasteiger partial charge in [0.1, 0.15) is 23.5 Å². The molecule has 0 aliphatic heterocycles. The van der Waals surface area contributed by atoms with Gasteiger partial charge >= 0.3 is 0 Å². The second kappa shape index (κ2) is 4.53. The highest BCUT2D eigenvalue weighted by Crippen LogP contribution is 2.30. The standard InChI is InChI=1S/C12H11NO3/c1-15-11-5-3-2-4-10(11)12-7-6-9(16-12)8-13-14/h2-8,14H,1H3/b13-8+. The van der Waals surface area contributed by atoms with Gasteiger partial charge in [-0.15, -0.1) is 0 Å². The van der Waals surface area contributed by atoms with Crippen molar-refractivity contribution >= 4 is 6.21 Å². The molecule has 0 saturated carbocycles. The van der Waals surface area contributed by atoms with Gasteiger partial charge in [0.15, 0.2) is 0 Å². The van der Waals surface area contributed by atoms with Crippen LogP contribution in [0, 0.1) is 0 Å². The van der Waals surface area contributed by atoms with E-state index in [0.29, 0.717) is 11.5 Å². The fourth-order valence-electron chi connectivity index (χ4n) is 1.47. The average Bonchev–Trinajstić information content (AvgIpc) is 2.78. The van der Waals surface area contributed by atoms with Gasteiger partial charge in [0, 0.05) is 0 Å². The molecule has 0 amide bonds. The lowest BCUT2D eigenvalue weighted by Gasteiger charge is -2.04. The van der Waals surface area contributed by atoms with Crippen molar-refractivity contribution < 1.29 is 14.4 Å². The molecule has 1 heterocycles. The fraction of sp³-hybridized carbons (Fsp3) is 0.0833. The molecule has 2 aromatic rings. The highest BCUT2D eigenvalue weighted by atomic mass is 16.5. The van der Waals surface area contributed by atoms with Crippen molar-refractivity contribution in [3.63, 3.8) is 0 Å². The summed E-state index contributed by atoms with van der Waals surface area (Å²) in [6, 6.07) is 11.1. The van der Waals surface area contributed by atoms with Gasteiger partial charge in [0.05, 0.1) is 12.7 Å². The quantitative estimate of drug-likeness (QED) is 0.488. The van der Waals surface area contributed by atoms with E-state index in [1.54, 1.807) is 19.2 Å². The Morgan fingerprint density at radius 3 is 2.81 bits per heavy atom. The Morgan fingerprint density at radius 2 is 2.06 bits per heavy atom. The van der Waals surface area contributed by atoms with E-state index in [9.17, 15) is 0 Å². The van der Waals surface area contributed by atoms with E-state index in [-0.39, 0.29) is 0 Å². The van der Waals surface area contributed by atoms with Gasteiger partial charge < -0.3 is 14.4 Å². The van der Waals surface area contributed by atoms with E-state index in [1.807, 2.05) is 24.3 Å². The number of rotatable bonds is 3. The normalized spacial score (nSPS) is 10.8. The van der Waals surface area contributed by atoms with E-state index in [2.05, 4.69) is 5.16 Å². The molecular weight excluding hydrogens is 206 g/mol. The van der Waals surface area contributed by atoms with Gasteiger partial charge in [-0.05, 0) is 24.3 Å². The zero-order valence-corrected chi connectivity index (χ0v) is 8.75. The van der Waals surface area contributed by atoms with Gasteiger partial charge in [0.2, 0.25) is 0 Å². The van der Waals surface area contributed by atoms with Crippen LogP contribution in [-0.4, -0.2) is 18.5 Å². The molecule has 0 bridgehead atoms. The third-order valence-corrected chi connectivity index (χ3v) is 2.18. The number of benzene rings is 1. The third kappa shape index (κ3) is 1.91. The molecule has 4 heteroatoms. The Labute approximate surface area is 92.8 Å². The molecule has 1 aromatic carbocycles. The van der Waals surface area contributed by atoms with E-state index in [4.69, 9.17) is 14.4 Å². The highest BCUT2D eigenvalue weighted by molar-refractivity contribution is 5.77. The second-order valence-electron chi connectivity index (χ2n) is 3.15. The Morgan fingerprint density at radius 1 is 1.25 bits per heavy atom. The predicted octanol–water partition coefficient (Wildman–Crippen LogP) is 2.76. The molecule has 0 saturated heterocycles. The summed E-state index contributed by atoms with van der Waals surface area (Å²) < 4.78 is 10.7. The number of hydrogen-bond acceptors (Lipinski definition) is 4. The summed E-state index contributed by atoms with van der Waals surface area (Å²) in [6.07, 6.45) is 1.24. The minimum atomic E-state index is 0.489. The molecule has 0 spiro atoms. The minimum absolute atomic E-state index is 0.489. The zero-order valence-electron chi connectivity index (χ0n) is 8.75. The van der Waals surface area contributed by atoms with Crippen LogP contribution < -0.4 is 4.74 Å². The van der Waals surface area contributed by atoms with E-state index in [1.165, 1.54) is 6.21 Å². The van der Waals surface area contributed by atoms with Crippen molar-refractivity contribution in [2.45, 2.75) is 0 Å². The maximum Gasteiger partial charge on any atom is 0.149 e. The number of oxime groups is 1. The van der Waals surface area contributed by atoms with E-state index in [0.717, 1.165) is 11.3 Å².